The highest BCUT2D eigenvalue weighted by molar-refractivity contribution is 4.72. The van der Waals surface area contributed by atoms with Gasteiger partial charge in [0.15, 0.2) is 0 Å². The van der Waals surface area contributed by atoms with Crippen molar-refractivity contribution in [2.24, 2.45) is 5.92 Å². The molecule has 0 bridgehead atoms. The van der Waals surface area contributed by atoms with Gasteiger partial charge in [0, 0.05) is 19.3 Å². The molecule has 1 heterocycles. The van der Waals surface area contributed by atoms with Gasteiger partial charge in [-0.1, -0.05) is 57.8 Å². The minimum atomic E-state index is 0.789. The molecule has 2 heteroatoms. The molecule has 1 aliphatic heterocycles. The number of nitrogens with one attached hydrogen (secondary N) is 1. The Balaban J connectivity index is 1.65. The molecule has 1 saturated heterocycles. The molecule has 2 aliphatic rings. The van der Waals surface area contributed by atoms with Gasteiger partial charge < -0.3 is 10.1 Å². The van der Waals surface area contributed by atoms with E-state index in [4.69, 9.17) is 4.74 Å². The summed E-state index contributed by atoms with van der Waals surface area (Å²) in [6, 6.07) is 0.789. The van der Waals surface area contributed by atoms with Crippen molar-refractivity contribution in [3.05, 3.63) is 0 Å². The zero-order valence-electron chi connectivity index (χ0n) is 13.4. The summed E-state index contributed by atoms with van der Waals surface area (Å²) in [5.41, 5.74) is 0. The molecule has 0 spiro atoms. The molecular weight excluding hydrogens is 246 g/mol. The fourth-order valence-corrected chi connectivity index (χ4v) is 3.65. The van der Waals surface area contributed by atoms with Crippen LogP contribution in [0.2, 0.25) is 0 Å². The van der Waals surface area contributed by atoms with E-state index in [-0.39, 0.29) is 0 Å². The number of hydrogen-bond donors (Lipinski definition) is 1. The zero-order chi connectivity index (χ0) is 13.9. The lowest BCUT2D eigenvalue weighted by atomic mass is 9.96. The van der Waals surface area contributed by atoms with Crippen LogP contribution in [-0.2, 0) is 4.74 Å². The number of rotatable bonds is 3. The van der Waals surface area contributed by atoms with Crippen LogP contribution < -0.4 is 5.32 Å². The summed E-state index contributed by atoms with van der Waals surface area (Å²) in [5, 5.41) is 3.89. The third-order valence-corrected chi connectivity index (χ3v) is 5.14. The SMILES string of the molecule is C1CCCCCC(NCC2CCOCC2)CCCCC1. The van der Waals surface area contributed by atoms with Crippen LogP contribution in [0.1, 0.15) is 83.5 Å². The van der Waals surface area contributed by atoms with E-state index in [1.54, 1.807) is 0 Å². The Hall–Kier alpha value is -0.0800. The summed E-state index contributed by atoms with van der Waals surface area (Å²) < 4.78 is 5.46. The van der Waals surface area contributed by atoms with Crippen molar-refractivity contribution >= 4 is 0 Å². The second kappa shape index (κ2) is 10.6. The first kappa shape index (κ1) is 16.3. The highest BCUT2D eigenvalue weighted by Crippen LogP contribution is 2.18. The number of hydrogen-bond acceptors (Lipinski definition) is 2. The van der Waals surface area contributed by atoms with Crippen molar-refractivity contribution in [1.29, 1.82) is 0 Å². The highest BCUT2D eigenvalue weighted by Gasteiger charge is 2.16. The van der Waals surface area contributed by atoms with Crippen molar-refractivity contribution < 1.29 is 4.74 Å². The molecule has 20 heavy (non-hydrogen) atoms. The van der Waals surface area contributed by atoms with Crippen LogP contribution in [0.15, 0.2) is 0 Å². The second-order valence-electron chi connectivity index (χ2n) is 6.92. The predicted octanol–water partition coefficient (Wildman–Crippen LogP) is 4.68. The maximum atomic E-state index is 5.46. The molecule has 1 aliphatic carbocycles. The first-order valence-electron chi connectivity index (χ1n) is 9.26. The molecule has 0 unspecified atom stereocenters. The Bertz CT molecular complexity index is 213. The van der Waals surface area contributed by atoms with E-state index in [1.165, 1.54) is 90.0 Å². The van der Waals surface area contributed by atoms with E-state index in [9.17, 15) is 0 Å². The van der Waals surface area contributed by atoms with Gasteiger partial charge >= 0.3 is 0 Å². The standard InChI is InChI=1S/C18H35NO/c1-2-4-6-8-10-18(11-9-7-5-3-1)19-16-17-12-14-20-15-13-17/h17-19H,1-16H2. The van der Waals surface area contributed by atoms with E-state index in [2.05, 4.69) is 5.32 Å². The first-order valence-corrected chi connectivity index (χ1v) is 9.26. The molecule has 0 atom stereocenters. The lowest BCUT2D eigenvalue weighted by Gasteiger charge is -2.26. The van der Waals surface area contributed by atoms with Crippen LogP contribution in [-0.4, -0.2) is 25.8 Å². The predicted molar refractivity (Wildman–Crippen MR) is 86.1 cm³/mol. The van der Waals surface area contributed by atoms with E-state index in [0.717, 1.165) is 25.2 Å². The first-order chi connectivity index (χ1) is 9.95. The van der Waals surface area contributed by atoms with Crippen molar-refractivity contribution in [1.82, 2.24) is 5.32 Å². The van der Waals surface area contributed by atoms with Crippen LogP contribution >= 0.6 is 0 Å². The second-order valence-corrected chi connectivity index (χ2v) is 6.92. The highest BCUT2D eigenvalue weighted by atomic mass is 16.5. The van der Waals surface area contributed by atoms with Gasteiger partial charge in [-0.25, -0.2) is 0 Å². The third kappa shape index (κ3) is 7.08. The van der Waals surface area contributed by atoms with Crippen LogP contribution in [0.25, 0.3) is 0 Å². The third-order valence-electron chi connectivity index (χ3n) is 5.14. The Labute approximate surface area is 126 Å². The van der Waals surface area contributed by atoms with Gasteiger partial charge in [0.2, 0.25) is 0 Å². The summed E-state index contributed by atoms with van der Waals surface area (Å²) in [6.07, 6.45) is 18.5. The monoisotopic (exact) mass is 281 g/mol. The smallest absolute Gasteiger partial charge is 0.0469 e. The van der Waals surface area contributed by atoms with Gasteiger partial charge in [0.25, 0.3) is 0 Å². The van der Waals surface area contributed by atoms with Crippen LogP contribution in [0.4, 0.5) is 0 Å². The Morgan fingerprint density at radius 3 is 1.70 bits per heavy atom. The maximum Gasteiger partial charge on any atom is 0.0469 e. The van der Waals surface area contributed by atoms with Gasteiger partial charge in [-0.3, -0.25) is 0 Å². The van der Waals surface area contributed by atoms with Crippen molar-refractivity contribution in [3.8, 4) is 0 Å². The number of ether oxygens (including phenoxy) is 1. The normalized spacial score (nSPS) is 25.8. The van der Waals surface area contributed by atoms with Crippen LogP contribution in [0, 0.1) is 5.92 Å². The summed E-state index contributed by atoms with van der Waals surface area (Å²) in [6.45, 7) is 3.20. The molecule has 2 fully saturated rings. The largest absolute Gasteiger partial charge is 0.381 e. The molecule has 118 valence electrons. The lowest BCUT2D eigenvalue weighted by molar-refractivity contribution is 0.0652. The maximum absolute atomic E-state index is 5.46. The van der Waals surface area contributed by atoms with Gasteiger partial charge in [-0.2, -0.15) is 0 Å². The van der Waals surface area contributed by atoms with Gasteiger partial charge in [-0.15, -0.1) is 0 Å². The van der Waals surface area contributed by atoms with Gasteiger partial charge in [-0.05, 0) is 38.1 Å². The van der Waals surface area contributed by atoms with Crippen molar-refractivity contribution in [3.63, 3.8) is 0 Å². The zero-order valence-corrected chi connectivity index (χ0v) is 13.4. The fraction of sp³-hybridized carbons (Fsp3) is 1.00. The fourth-order valence-electron chi connectivity index (χ4n) is 3.65. The molecule has 0 aromatic rings. The summed E-state index contributed by atoms with van der Waals surface area (Å²) >= 11 is 0. The van der Waals surface area contributed by atoms with E-state index in [1.807, 2.05) is 0 Å². The minimum Gasteiger partial charge on any atom is -0.381 e. The Morgan fingerprint density at radius 1 is 0.650 bits per heavy atom. The Kier molecular flexibility index (Phi) is 8.65. The van der Waals surface area contributed by atoms with E-state index >= 15 is 0 Å². The quantitative estimate of drug-likeness (QED) is 0.811. The van der Waals surface area contributed by atoms with E-state index < -0.39 is 0 Å². The molecular formula is C18H35NO. The molecule has 0 aromatic carbocycles. The molecule has 2 nitrogen and oxygen atoms in total. The molecule has 0 aromatic heterocycles. The van der Waals surface area contributed by atoms with Crippen LogP contribution in [0.5, 0.6) is 0 Å². The summed E-state index contributed by atoms with van der Waals surface area (Å²) in [5.74, 6) is 0.866. The Morgan fingerprint density at radius 2 is 1.15 bits per heavy atom. The molecule has 0 radical (unpaired) electrons. The van der Waals surface area contributed by atoms with E-state index in [0.29, 0.717) is 0 Å². The van der Waals surface area contributed by atoms with Crippen LogP contribution in [0.3, 0.4) is 0 Å². The van der Waals surface area contributed by atoms with Crippen molar-refractivity contribution in [2.45, 2.75) is 89.5 Å². The molecule has 1 N–H and O–H groups in total. The minimum absolute atomic E-state index is 0.789. The lowest BCUT2D eigenvalue weighted by Crippen LogP contribution is -2.35. The molecule has 0 amide bonds. The van der Waals surface area contributed by atoms with Gasteiger partial charge in [0.1, 0.15) is 0 Å². The summed E-state index contributed by atoms with van der Waals surface area (Å²) in [7, 11) is 0. The average Bonchev–Trinajstić information content (AvgIpc) is 2.48. The van der Waals surface area contributed by atoms with Gasteiger partial charge in [0.05, 0.1) is 0 Å². The topological polar surface area (TPSA) is 21.3 Å². The molecule has 1 saturated carbocycles. The molecule has 2 rings (SSSR count). The van der Waals surface area contributed by atoms with Crippen molar-refractivity contribution in [2.75, 3.05) is 19.8 Å². The average molecular weight is 281 g/mol. The summed E-state index contributed by atoms with van der Waals surface area (Å²) in [4.78, 5) is 0.